The van der Waals surface area contributed by atoms with Crippen LogP contribution in [0, 0.1) is 0 Å². The fraction of sp³-hybridized carbons (Fsp3) is 0. The Bertz CT molecular complexity index is 237. The smallest absolute Gasteiger partial charge is 0.254 e. The summed E-state index contributed by atoms with van der Waals surface area (Å²) in [7, 11) is 0. The molecule has 0 aromatic carbocycles. The molecule has 10 heavy (non-hydrogen) atoms. The SMILES string of the molecule is O=c1cc(O)nc[nH]1.[Na].[Na]. The van der Waals surface area contributed by atoms with Gasteiger partial charge in [0.1, 0.15) is 0 Å². The van der Waals surface area contributed by atoms with Crippen LogP contribution in [0.5, 0.6) is 5.88 Å². The third-order valence-corrected chi connectivity index (χ3v) is 0.664. The Morgan fingerprint density at radius 1 is 1.50 bits per heavy atom. The number of rotatable bonds is 0. The number of aromatic nitrogens is 2. The van der Waals surface area contributed by atoms with Gasteiger partial charge in [0, 0.05) is 59.1 Å². The van der Waals surface area contributed by atoms with Crippen LogP contribution in [0.4, 0.5) is 0 Å². The van der Waals surface area contributed by atoms with Gasteiger partial charge in [-0.3, -0.25) is 4.79 Å². The minimum atomic E-state index is -0.350. The van der Waals surface area contributed by atoms with Crippen LogP contribution >= 0.6 is 0 Å². The normalized spacial score (nSPS) is 7.20. The molecule has 1 heterocycles. The molecule has 1 aromatic heterocycles. The van der Waals surface area contributed by atoms with Crippen molar-refractivity contribution >= 4 is 59.1 Å². The van der Waals surface area contributed by atoms with E-state index in [2.05, 4.69) is 9.97 Å². The maximum atomic E-state index is 10.2. The second-order valence-corrected chi connectivity index (χ2v) is 1.27. The molecule has 0 aliphatic carbocycles. The van der Waals surface area contributed by atoms with Gasteiger partial charge in [0.15, 0.2) is 0 Å². The molecule has 6 heteroatoms. The molecule has 0 bridgehead atoms. The number of aromatic amines is 1. The van der Waals surface area contributed by atoms with Gasteiger partial charge in [0.05, 0.1) is 12.4 Å². The van der Waals surface area contributed by atoms with Gasteiger partial charge in [0.25, 0.3) is 5.56 Å². The summed E-state index contributed by atoms with van der Waals surface area (Å²) in [6.07, 6.45) is 1.14. The molecule has 1 rings (SSSR count). The zero-order chi connectivity index (χ0) is 5.98. The van der Waals surface area contributed by atoms with Crippen molar-refractivity contribution in [2.45, 2.75) is 0 Å². The van der Waals surface area contributed by atoms with Gasteiger partial charge in [0.2, 0.25) is 5.88 Å². The number of hydrogen-bond donors (Lipinski definition) is 2. The Kier molecular flexibility index (Phi) is 8.49. The summed E-state index contributed by atoms with van der Waals surface area (Å²) in [5, 5.41) is 8.48. The van der Waals surface area contributed by atoms with Gasteiger partial charge >= 0.3 is 0 Å². The van der Waals surface area contributed by atoms with Crippen molar-refractivity contribution in [3.05, 3.63) is 22.7 Å². The Balaban J connectivity index is 0. The summed E-state index contributed by atoms with van der Waals surface area (Å²) >= 11 is 0. The minimum Gasteiger partial charge on any atom is -0.493 e. The molecule has 0 aliphatic heterocycles. The zero-order valence-corrected chi connectivity index (χ0v) is 9.96. The van der Waals surface area contributed by atoms with Gasteiger partial charge in [-0.1, -0.05) is 0 Å². The fourth-order valence-corrected chi connectivity index (χ4v) is 0.358. The molecule has 0 unspecified atom stereocenters. The second-order valence-electron chi connectivity index (χ2n) is 1.27. The van der Waals surface area contributed by atoms with E-state index in [1.54, 1.807) is 0 Å². The van der Waals surface area contributed by atoms with E-state index in [4.69, 9.17) is 5.11 Å². The average Bonchev–Trinajstić information content (AvgIpc) is 1.64. The average molecular weight is 158 g/mol. The number of hydrogen-bond acceptors (Lipinski definition) is 3. The summed E-state index contributed by atoms with van der Waals surface area (Å²) in [6, 6.07) is 1.00. The molecule has 1 aromatic rings. The van der Waals surface area contributed by atoms with E-state index in [0.717, 1.165) is 12.4 Å². The maximum Gasteiger partial charge on any atom is 0.254 e. The van der Waals surface area contributed by atoms with Crippen molar-refractivity contribution in [3.8, 4) is 5.88 Å². The summed E-state index contributed by atoms with van der Waals surface area (Å²) < 4.78 is 0. The number of aromatic hydroxyl groups is 1. The molecule has 0 atom stereocenters. The van der Waals surface area contributed by atoms with Gasteiger partial charge in [-0.05, 0) is 0 Å². The topological polar surface area (TPSA) is 66.0 Å². The summed E-state index contributed by atoms with van der Waals surface area (Å²) in [4.78, 5) is 15.8. The molecule has 2 radical (unpaired) electrons. The Hall–Kier alpha value is 0.680. The van der Waals surface area contributed by atoms with E-state index in [9.17, 15) is 4.79 Å². The summed E-state index contributed by atoms with van der Waals surface area (Å²) in [6.45, 7) is 0. The van der Waals surface area contributed by atoms with E-state index < -0.39 is 0 Å². The molecule has 44 valence electrons. The third-order valence-electron chi connectivity index (χ3n) is 0.664. The molecule has 0 spiro atoms. The van der Waals surface area contributed by atoms with Crippen molar-refractivity contribution in [2.24, 2.45) is 0 Å². The van der Waals surface area contributed by atoms with E-state index in [0.29, 0.717) is 0 Å². The zero-order valence-electron chi connectivity index (χ0n) is 5.96. The van der Waals surface area contributed by atoms with Crippen LogP contribution in [0.3, 0.4) is 0 Å². The third kappa shape index (κ3) is 4.49. The van der Waals surface area contributed by atoms with Crippen molar-refractivity contribution in [3.63, 3.8) is 0 Å². The van der Waals surface area contributed by atoms with Crippen LogP contribution in [0.1, 0.15) is 0 Å². The van der Waals surface area contributed by atoms with E-state index in [-0.39, 0.29) is 70.6 Å². The Morgan fingerprint density at radius 2 is 2.10 bits per heavy atom. The van der Waals surface area contributed by atoms with Crippen molar-refractivity contribution in [2.75, 3.05) is 0 Å². The van der Waals surface area contributed by atoms with Gasteiger partial charge in [-0.25, -0.2) is 4.98 Å². The fourth-order valence-electron chi connectivity index (χ4n) is 0.358. The van der Waals surface area contributed by atoms with E-state index >= 15 is 0 Å². The molecule has 0 aliphatic rings. The summed E-state index contributed by atoms with van der Waals surface area (Å²) in [5.41, 5.74) is -0.350. The molecular weight excluding hydrogens is 154 g/mol. The predicted molar refractivity (Wildman–Crippen MR) is 38.0 cm³/mol. The molecule has 0 amide bonds. The molecule has 4 nitrogen and oxygen atoms in total. The number of nitrogens with one attached hydrogen (secondary N) is 1. The van der Waals surface area contributed by atoms with Crippen LogP contribution in [-0.4, -0.2) is 74.2 Å². The quantitative estimate of drug-likeness (QED) is 0.462. The predicted octanol–water partition coefficient (Wildman–Crippen LogP) is -1.29. The van der Waals surface area contributed by atoms with Crippen LogP contribution < -0.4 is 5.56 Å². The van der Waals surface area contributed by atoms with Gasteiger partial charge in [-0.15, -0.1) is 0 Å². The number of nitrogens with zero attached hydrogens (tertiary/aromatic N) is 1. The van der Waals surface area contributed by atoms with E-state index in [1.807, 2.05) is 0 Å². The molecule has 0 saturated heterocycles. The first-order valence-electron chi connectivity index (χ1n) is 2.03. The molecule has 0 fully saturated rings. The van der Waals surface area contributed by atoms with Crippen molar-refractivity contribution in [1.29, 1.82) is 0 Å². The van der Waals surface area contributed by atoms with Crippen molar-refractivity contribution in [1.82, 2.24) is 9.97 Å². The minimum absolute atomic E-state index is 0. The molecule has 2 N–H and O–H groups in total. The molecule has 0 saturated carbocycles. The Morgan fingerprint density at radius 3 is 2.40 bits per heavy atom. The van der Waals surface area contributed by atoms with Gasteiger partial charge < -0.3 is 10.1 Å². The second kappa shape index (κ2) is 6.39. The Labute approximate surface area is 102 Å². The first-order chi connectivity index (χ1) is 3.79. The van der Waals surface area contributed by atoms with Gasteiger partial charge in [-0.2, -0.15) is 0 Å². The largest absolute Gasteiger partial charge is 0.493 e. The van der Waals surface area contributed by atoms with Crippen LogP contribution in [-0.2, 0) is 0 Å². The standard InChI is InChI=1S/C4H4N2O2.2Na/c7-3-1-4(8)6-2-5-3;;/h1-2H,(H2,5,6,7,8);;. The summed E-state index contributed by atoms with van der Waals surface area (Å²) in [5.74, 6) is -0.256. The van der Waals surface area contributed by atoms with Crippen LogP contribution in [0.2, 0.25) is 0 Å². The van der Waals surface area contributed by atoms with Crippen LogP contribution in [0.25, 0.3) is 0 Å². The van der Waals surface area contributed by atoms with Crippen LogP contribution in [0.15, 0.2) is 17.2 Å². The first kappa shape index (κ1) is 13.3. The maximum absolute atomic E-state index is 10.2. The first-order valence-corrected chi connectivity index (χ1v) is 2.03. The number of H-pyrrole nitrogens is 1. The monoisotopic (exact) mass is 158 g/mol. The van der Waals surface area contributed by atoms with Crippen molar-refractivity contribution < 1.29 is 5.11 Å². The van der Waals surface area contributed by atoms with E-state index in [1.165, 1.54) is 0 Å². The molecular formula is C4H4N2Na2O2.